The Hall–Kier alpha value is -1.82. The van der Waals surface area contributed by atoms with Gasteiger partial charge in [-0.1, -0.05) is 20.8 Å². The van der Waals surface area contributed by atoms with Gasteiger partial charge in [0.2, 0.25) is 0 Å². The van der Waals surface area contributed by atoms with E-state index in [4.69, 9.17) is 0 Å². The molecule has 1 aromatic heterocycles. The fourth-order valence-corrected chi connectivity index (χ4v) is 4.55. The molecule has 6 heteroatoms. The molecular weight excluding hydrogens is 338 g/mol. The molecule has 1 aliphatic heterocycles. The number of rotatable bonds is 4. The van der Waals surface area contributed by atoms with Crippen molar-refractivity contribution in [3.8, 4) is 0 Å². The van der Waals surface area contributed by atoms with Crippen LogP contribution < -0.4 is 15.5 Å². The monoisotopic (exact) mass is 373 g/mol. The predicted octanol–water partition coefficient (Wildman–Crippen LogP) is 2.82. The smallest absolute Gasteiger partial charge is 0.269 e. The molecule has 27 heavy (non-hydrogen) atoms. The maximum atomic E-state index is 11.8. The zero-order valence-corrected chi connectivity index (χ0v) is 17.5. The van der Waals surface area contributed by atoms with Gasteiger partial charge in [-0.15, -0.1) is 0 Å². The van der Waals surface area contributed by atoms with Gasteiger partial charge in [-0.2, -0.15) is 0 Å². The molecule has 2 aliphatic rings. The number of hydrogen-bond acceptors (Lipinski definition) is 5. The maximum absolute atomic E-state index is 11.8. The molecule has 0 radical (unpaired) electrons. The Morgan fingerprint density at radius 1 is 1.11 bits per heavy atom. The highest BCUT2D eigenvalue weighted by atomic mass is 16.1. The second kappa shape index (κ2) is 8.05. The van der Waals surface area contributed by atoms with Crippen LogP contribution in [-0.2, 0) is 0 Å². The molecule has 0 aromatic carbocycles. The summed E-state index contributed by atoms with van der Waals surface area (Å²) in [7, 11) is 3.49. The van der Waals surface area contributed by atoms with Gasteiger partial charge in [-0.05, 0) is 42.7 Å². The van der Waals surface area contributed by atoms with E-state index in [9.17, 15) is 4.79 Å². The van der Waals surface area contributed by atoms with Gasteiger partial charge in [0, 0.05) is 46.3 Å². The minimum atomic E-state index is -0.155. The average Bonchev–Trinajstić information content (AvgIpc) is 3.17. The summed E-state index contributed by atoms with van der Waals surface area (Å²) in [5, 5.41) is 5.79. The van der Waals surface area contributed by atoms with Crippen LogP contribution in [-0.4, -0.2) is 62.1 Å². The Balaban J connectivity index is 1.62. The Bertz CT molecular complexity index is 661. The summed E-state index contributed by atoms with van der Waals surface area (Å²) in [6, 6.07) is 4.57. The van der Waals surface area contributed by atoms with Crippen molar-refractivity contribution in [2.24, 2.45) is 11.3 Å². The summed E-state index contributed by atoms with van der Waals surface area (Å²) in [6.45, 7) is 11.4. The van der Waals surface area contributed by atoms with E-state index in [1.54, 1.807) is 7.05 Å². The number of pyridine rings is 1. The van der Waals surface area contributed by atoms with Crippen LogP contribution in [0.25, 0.3) is 0 Å². The van der Waals surface area contributed by atoms with Crippen molar-refractivity contribution < 1.29 is 4.79 Å². The normalized spacial score (nSPS) is 24.1. The quantitative estimate of drug-likeness (QED) is 0.850. The Morgan fingerprint density at radius 3 is 2.37 bits per heavy atom. The van der Waals surface area contributed by atoms with Crippen molar-refractivity contribution in [2.45, 2.75) is 46.1 Å². The number of aromatic nitrogens is 1. The number of anilines is 2. The summed E-state index contributed by atoms with van der Waals surface area (Å²) < 4.78 is 0. The van der Waals surface area contributed by atoms with E-state index in [-0.39, 0.29) is 5.91 Å². The summed E-state index contributed by atoms with van der Waals surface area (Å²) in [5.41, 5.74) is 1.96. The van der Waals surface area contributed by atoms with Crippen LogP contribution in [0.5, 0.6) is 0 Å². The van der Waals surface area contributed by atoms with Gasteiger partial charge in [0.1, 0.15) is 11.5 Å². The lowest BCUT2D eigenvalue weighted by atomic mass is 9.79. The maximum Gasteiger partial charge on any atom is 0.269 e. The third kappa shape index (κ3) is 4.37. The van der Waals surface area contributed by atoms with Gasteiger partial charge in [0.05, 0.1) is 5.69 Å². The summed E-state index contributed by atoms with van der Waals surface area (Å²) in [5.74, 6) is 1.47. The molecule has 6 nitrogen and oxygen atoms in total. The average molecular weight is 374 g/mol. The van der Waals surface area contributed by atoms with Gasteiger partial charge < -0.3 is 15.5 Å². The standard InChI is InChI=1S/C21H35N5O/c1-21(2,3)15-6-7-16(14-15)25-10-12-26(13-11-25)18-9-8-17(20(27)23-5)24-19(18)22-4/h8-9,15-16H,6-7,10-14H2,1-5H3,(H,22,24)(H,23,27)/t15?,16-/m1/s1. The Kier molecular flexibility index (Phi) is 5.94. The zero-order chi connectivity index (χ0) is 19.6. The summed E-state index contributed by atoms with van der Waals surface area (Å²) >= 11 is 0. The molecule has 2 fully saturated rings. The largest absolute Gasteiger partial charge is 0.371 e. The Morgan fingerprint density at radius 2 is 1.81 bits per heavy atom. The van der Waals surface area contributed by atoms with Gasteiger partial charge >= 0.3 is 0 Å². The lowest BCUT2D eigenvalue weighted by molar-refractivity contribution is 0.0958. The van der Waals surface area contributed by atoms with Crippen molar-refractivity contribution in [1.82, 2.24) is 15.2 Å². The van der Waals surface area contributed by atoms with Gasteiger partial charge in [-0.25, -0.2) is 4.98 Å². The molecule has 2 heterocycles. The lowest BCUT2D eigenvalue weighted by Crippen LogP contribution is -2.50. The summed E-state index contributed by atoms with van der Waals surface area (Å²) in [4.78, 5) is 21.4. The first-order valence-electron chi connectivity index (χ1n) is 10.2. The number of carbonyl (C=O) groups is 1. The molecule has 2 atom stereocenters. The molecule has 1 aliphatic carbocycles. The van der Waals surface area contributed by atoms with Crippen LogP contribution in [0.2, 0.25) is 0 Å². The van der Waals surface area contributed by atoms with Crippen LogP contribution in [0.15, 0.2) is 12.1 Å². The van der Waals surface area contributed by atoms with Gasteiger partial charge in [0.25, 0.3) is 5.91 Å². The number of carbonyl (C=O) groups excluding carboxylic acids is 1. The molecule has 1 unspecified atom stereocenters. The molecule has 1 aromatic rings. The molecule has 150 valence electrons. The minimum Gasteiger partial charge on any atom is -0.371 e. The molecule has 1 amide bonds. The highest BCUT2D eigenvalue weighted by molar-refractivity contribution is 5.93. The van der Waals surface area contributed by atoms with Crippen LogP contribution in [0, 0.1) is 11.3 Å². The van der Waals surface area contributed by atoms with E-state index in [1.165, 1.54) is 19.3 Å². The number of piperazine rings is 1. The SMILES string of the molecule is CNC(=O)c1ccc(N2CCN([C@@H]3CCC(C(C)(C)C)C3)CC2)c(NC)n1. The van der Waals surface area contributed by atoms with Crippen LogP contribution in [0.3, 0.4) is 0 Å². The highest BCUT2D eigenvalue weighted by Gasteiger charge is 2.36. The van der Waals surface area contributed by atoms with Crippen molar-refractivity contribution in [1.29, 1.82) is 0 Å². The van der Waals surface area contributed by atoms with E-state index >= 15 is 0 Å². The van der Waals surface area contributed by atoms with Crippen molar-refractivity contribution in [3.63, 3.8) is 0 Å². The third-order valence-electron chi connectivity index (χ3n) is 6.37. The predicted molar refractivity (Wildman–Crippen MR) is 112 cm³/mol. The third-order valence-corrected chi connectivity index (χ3v) is 6.37. The molecular formula is C21H35N5O. The highest BCUT2D eigenvalue weighted by Crippen LogP contribution is 2.41. The van der Waals surface area contributed by atoms with Crippen molar-refractivity contribution in [3.05, 3.63) is 17.8 Å². The second-order valence-corrected chi connectivity index (χ2v) is 8.95. The molecule has 3 rings (SSSR count). The molecule has 1 saturated carbocycles. The van der Waals surface area contributed by atoms with Crippen LogP contribution >= 0.6 is 0 Å². The van der Waals surface area contributed by atoms with E-state index in [0.29, 0.717) is 11.1 Å². The molecule has 0 bridgehead atoms. The number of nitrogens with one attached hydrogen (secondary N) is 2. The zero-order valence-electron chi connectivity index (χ0n) is 17.5. The first-order chi connectivity index (χ1) is 12.8. The molecule has 1 saturated heterocycles. The fraction of sp³-hybridized carbons (Fsp3) is 0.714. The molecule has 0 spiro atoms. The summed E-state index contributed by atoms with van der Waals surface area (Å²) in [6.07, 6.45) is 4.04. The van der Waals surface area contributed by atoms with Crippen molar-refractivity contribution in [2.75, 3.05) is 50.5 Å². The van der Waals surface area contributed by atoms with Crippen LogP contribution in [0.1, 0.15) is 50.5 Å². The first kappa shape index (κ1) is 19.9. The van der Waals surface area contributed by atoms with E-state index in [1.807, 2.05) is 19.2 Å². The minimum absolute atomic E-state index is 0.155. The number of nitrogens with zero attached hydrogens (tertiary/aromatic N) is 3. The van der Waals surface area contributed by atoms with Gasteiger partial charge in [0.15, 0.2) is 0 Å². The lowest BCUT2D eigenvalue weighted by Gasteiger charge is -2.40. The van der Waals surface area contributed by atoms with Crippen LogP contribution in [0.4, 0.5) is 11.5 Å². The fourth-order valence-electron chi connectivity index (χ4n) is 4.55. The van der Waals surface area contributed by atoms with E-state index in [0.717, 1.165) is 49.6 Å². The second-order valence-electron chi connectivity index (χ2n) is 8.95. The first-order valence-corrected chi connectivity index (χ1v) is 10.2. The Labute approximate surface area is 163 Å². The number of amides is 1. The topological polar surface area (TPSA) is 60.5 Å². The van der Waals surface area contributed by atoms with Gasteiger partial charge in [-0.3, -0.25) is 9.69 Å². The number of hydrogen-bond donors (Lipinski definition) is 2. The van der Waals surface area contributed by atoms with E-state index < -0.39 is 0 Å². The van der Waals surface area contributed by atoms with E-state index in [2.05, 4.69) is 46.2 Å². The molecule has 2 N–H and O–H groups in total. The van der Waals surface area contributed by atoms with Crippen molar-refractivity contribution >= 4 is 17.4 Å².